The molecule has 1 saturated heterocycles. The molecule has 0 bridgehead atoms. The Morgan fingerprint density at radius 1 is 1.28 bits per heavy atom. The molecule has 4 rings (SSSR count). The summed E-state index contributed by atoms with van der Waals surface area (Å²) in [6.07, 6.45) is 1.92. The molecule has 3 heterocycles. The van der Waals surface area contributed by atoms with Crippen molar-refractivity contribution in [3.63, 3.8) is 0 Å². The van der Waals surface area contributed by atoms with Crippen molar-refractivity contribution in [2.75, 3.05) is 13.1 Å². The monoisotopic (exact) mass is 336 g/mol. The van der Waals surface area contributed by atoms with Gasteiger partial charge in [0.25, 0.3) is 5.91 Å². The van der Waals surface area contributed by atoms with Gasteiger partial charge in [0.15, 0.2) is 5.76 Å². The second-order valence-electron chi connectivity index (χ2n) is 6.63. The number of likely N-dealkylation sites (tertiary alicyclic amines) is 1. The number of nitrogens with zero attached hydrogens (tertiary/aromatic N) is 2. The molecule has 1 aliphatic heterocycles. The van der Waals surface area contributed by atoms with Gasteiger partial charge in [0.05, 0.1) is 23.4 Å². The summed E-state index contributed by atoms with van der Waals surface area (Å²) in [5.74, 6) is 0.779. The number of benzene rings is 1. The Morgan fingerprint density at radius 2 is 2.12 bits per heavy atom. The van der Waals surface area contributed by atoms with E-state index in [0.717, 1.165) is 17.3 Å². The van der Waals surface area contributed by atoms with Crippen molar-refractivity contribution in [3.8, 4) is 11.5 Å². The molecule has 25 heavy (non-hydrogen) atoms. The molecule has 0 radical (unpaired) electrons. The molecule has 0 saturated carbocycles. The van der Waals surface area contributed by atoms with Crippen molar-refractivity contribution in [1.29, 1.82) is 0 Å². The van der Waals surface area contributed by atoms with Crippen LogP contribution in [0, 0.1) is 5.92 Å². The fourth-order valence-electron chi connectivity index (χ4n) is 3.31. The Bertz CT molecular complexity index is 904. The topological polar surface area (TPSA) is 66.6 Å². The quantitative estimate of drug-likeness (QED) is 0.779. The van der Waals surface area contributed by atoms with Crippen LogP contribution in [0.25, 0.3) is 22.4 Å². The molecule has 1 amide bonds. The molecule has 3 aromatic rings. The summed E-state index contributed by atoms with van der Waals surface area (Å²) in [7, 11) is 0. The van der Waals surface area contributed by atoms with Crippen LogP contribution in [0.15, 0.2) is 53.1 Å². The lowest BCUT2D eigenvalue weighted by atomic mass is 9.95. The number of β-amino-alcohol motifs (C(OH)–C–C–N with tert-alkyl or cyclic N) is 1. The number of para-hydroxylation sites is 1. The van der Waals surface area contributed by atoms with Gasteiger partial charge in [-0.05, 0) is 36.6 Å². The van der Waals surface area contributed by atoms with Crippen molar-refractivity contribution in [2.45, 2.75) is 19.4 Å². The predicted octanol–water partition coefficient (Wildman–Crippen LogP) is 3.34. The van der Waals surface area contributed by atoms with E-state index in [4.69, 9.17) is 4.42 Å². The number of piperidine rings is 1. The molecular weight excluding hydrogens is 316 g/mol. The number of hydrogen-bond donors (Lipinski definition) is 1. The standard InChI is InChI=1S/C20H20N2O3/c1-13-8-9-22(12-18(13)23)20(24)15-11-17(19-7-4-10-25-19)21-16-6-3-2-5-14(15)16/h2-7,10-11,13,18,23H,8-9,12H2,1H3. The Kier molecular flexibility index (Phi) is 4.01. The predicted molar refractivity (Wildman–Crippen MR) is 95.1 cm³/mol. The van der Waals surface area contributed by atoms with Crippen molar-refractivity contribution in [2.24, 2.45) is 5.92 Å². The van der Waals surface area contributed by atoms with Crippen LogP contribution in [0.2, 0.25) is 0 Å². The van der Waals surface area contributed by atoms with Crippen LogP contribution in [0.3, 0.4) is 0 Å². The average Bonchev–Trinajstić information content (AvgIpc) is 3.17. The molecule has 0 spiro atoms. The number of fused-ring (bicyclic) bond motifs is 1. The van der Waals surface area contributed by atoms with Crippen LogP contribution in [0.5, 0.6) is 0 Å². The summed E-state index contributed by atoms with van der Waals surface area (Å²) in [6, 6.07) is 13.0. The molecule has 2 unspecified atom stereocenters. The van der Waals surface area contributed by atoms with Gasteiger partial charge < -0.3 is 14.4 Å². The summed E-state index contributed by atoms with van der Waals surface area (Å²) < 4.78 is 5.45. The average molecular weight is 336 g/mol. The van der Waals surface area contributed by atoms with Crippen LogP contribution in [-0.4, -0.2) is 40.1 Å². The first-order valence-electron chi connectivity index (χ1n) is 8.54. The van der Waals surface area contributed by atoms with Gasteiger partial charge in [-0.2, -0.15) is 0 Å². The lowest BCUT2D eigenvalue weighted by Gasteiger charge is -2.34. The number of aromatic nitrogens is 1. The summed E-state index contributed by atoms with van der Waals surface area (Å²) in [5, 5.41) is 11.0. The highest BCUT2D eigenvalue weighted by atomic mass is 16.3. The SMILES string of the molecule is CC1CCN(C(=O)c2cc(-c3ccco3)nc3ccccc23)CC1O. The number of furan rings is 1. The zero-order chi connectivity index (χ0) is 17.4. The van der Waals surface area contributed by atoms with Crippen molar-refractivity contribution in [1.82, 2.24) is 9.88 Å². The fourth-order valence-corrected chi connectivity index (χ4v) is 3.31. The summed E-state index contributed by atoms with van der Waals surface area (Å²) in [4.78, 5) is 19.5. The minimum absolute atomic E-state index is 0.0719. The molecule has 1 aliphatic rings. The van der Waals surface area contributed by atoms with E-state index in [1.807, 2.05) is 37.3 Å². The van der Waals surface area contributed by atoms with Gasteiger partial charge in [0, 0.05) is 18.5 Å². The zero-order valence-corrected chi connectivity index (χ0v) is 14.1. The number of carbonyl (C=O) groups excluding carboxylic acids is 1. The van der Waals surface area contributed by atoms with E-state index >= 15 is 0 Å². The number of carbonyl (C=O) groups is 1. The number of hydrogen-bond acceptors (Lipinski definition) is 4. The second kappa shape index (κ2) is 6.33. The van der Waals surface area contributed by atoms with E-state index < -0.39 is 6.10 Å². The number of rotatable bonds is 2. The highest BCUT2D eigenvalue weighted by Gasteiger charge is 2.29. The Morgan fingerprint density at radius 3 is 2.88 bits per heavy atom. The van der Waals surface area contributed by atoms with Crippen molar-refractivity contribution < 1.29 is 14.3 Å². The first-order chi connectivity index (χ1) is 12.1. The maximum absolute atomic E-state index is 13.1. The summed E-state index contributed by atoms with van der Waals surface area (Å²) >= 11 is 0. The van der Waals surface area contributed by atoms with Crippen LogP contribution in [-0.2, 0) is 0 Å². The van der Waals surface area contributed by atoms with E-state index in [1.165, 1.54) is 0 Å². The molecule has 5 heteroatoms. The smallest absolute Gasteiger partial charge is 0.254 e. The highest BCUT2D eigenvalue weighted by molar-refractivity contribution is 6.07. The molecule has 128 valence electrons. The van der Waals surface area contributed by atoms with E-state index in [-0.39, 0.29) is 11.8 Å². The number of aliphatic hydroxyl groups is 1. The van der Waals surface area contributed by atoms with E-state index in [2.05, 4.69) is 4.98 Å². The van der Waals surface area contributed by atoms with Crippen LogP contribution in [0.1, 0.15) is 23.7 Å². The molecular formula is C20H20N2O3. The molecule has 1 aromatic carbocycles. The van der Waals surface area contributed by atoms with Gasteiger partial charge in [-0.1, -0.05) is 25.1 Å². The maximum Gasteiger partial charge on any atom is 0.254 e. The maximum atomic E-state index is 13.1. The first kappa shape index (κ1) is 15.8. The highest BCUT2D eigenvalue weighted by Crippen LogP contribution is 2.27. The van der Waals surface area contributed by atoms with Gasteiger partial charge in [-0.15, -0.1) is 0 Å². The van der Waals surface area contributed by atoms with Gasteiger partial charge in [-0.25, -0.2) is 4.98 Å². The normalized spacial score (nSPS) is 20.8. The lowest BCUT2D eigenvalue weighted by molar-refractivity contribution is 0.0250. The van der Waals surface area contributed by atoms with Gasteiger partial charge in [0.1, 0.15) is 5.69 Å². The second-order valence-corrected chi connectivity index (χ2v) is 6.63. The zero-order valence-electron chi connectivity index (χ0n) is 14.1. The van der Waals surface area contributed by atoms with E-state index in [9.17, 15) is 9.90 Å². The molecule has 2 aromatic heterocycles. The summed E-state index contributed by atoms with van der Waals surface area (Å²) in [6.45, 7) is 3.04. The van der Waals surface area contributed by atoms with Crippen LogP contribution in [0.4, 0.5) is 0 Å². The fraction of sp³-hybridized carbons (Fsp3) is 0.300. The third-order valence-electron chi connectivity index (χ3n) is 4.93. The molecule has 1 fully saturated rings. The minimum Gasteiger partial charge on any atom is -0.463 e. The third-order valence-corrected chi connectivity index (χ3v) is 4.93. The largest absolute Gasteiger partial charge is 0.463 e. The van der Waals surface area contributed by atoms with E-state index in [0.29, 0.717) is 30.1 Å². The molecule has 2 atom stereocenters. The lowest BCUT2D eigenvalue weighted by Crippen LogP contribution is -2.45. The number of pyridine rings is 1. The Hall–Kier alpha value is -2.66. The Balaban J connectivity index is 1.79. The third kappa shape index (κ3) is 2.91. The van der Waals surface area contributed by atoms with Crippen LogP contribution >= 0.6 is 0 Å². The summed E-state index contributed by atoms with van der Waals surface area (Å²) in [5.41, 5.74) is 1.99. The number of aliphatic hydroxyl groups excluding tert-OH is 1. The molecule has 5 nitrogen and oxygen atoms in total. The minimum atomic E-state index is -0.477. The van der Waals surface area contributed by atoms with Gasteiger partial charge >= 0.3 is 0 Å². The molecule has 1 N–H and O–H groups in total. The number of amides is 1. The van der Waals surface area contributed by atoms with Gasteiger partial charge in [0.2, 0.25) is 0 Å². The molecule has 0 aliphatic carbocycles. The van der Waals surface area contributed by atoms with Crippen molar-refractivity contribution >= 4 is 16.8 Å². The van der Waals surface area contributed by atoms with Gasteiger partial charge in [-0.3, -0.25) is 4.79 Å². The van der Waals surface area contributed by atoms with Crippen LogP contribution < -0.4 is 0 Å². The Labute approximate surface area is 145 Å². The van der Waals surface area contributed by atoms with E-state index in [1.54, 1.807) is 23.3 Å². The first-order valence-corrected chi connectivity index (χ1v) is 8.54. The van der Waals surface area contributed by atoms with Crippen molar-refractivity contribution in [3.05, 3.63) is 54.3 Å².